The number of carbonyl (C=O) groups excluding carboxylic acids is 1. The monoisotopic (exact) mass is 418 g/mol. The topological polar surface area (TPSA) is 52.6 Å². The Balaban J connectivity index is 1.18. The van der Waals surface area contributed by atoms with Gasteiger partial charge in [-0.25, -0.2) is 0 Å². The predicted molar refractivity (Wildman–Crippen MR) is 122 cm³/mol. The Morgan fingerprint density at radius 1 is 1.03 bits per heavy atom. The van der Waals surface area contributed by atoms with Gasteiger partial charge in [-0.15, -0.1) is 0 Å². The lowest BCUT2D eigenvalue weighted by Crippen LogP contribution is -2.49. The Morgan fingerprint density at radius 2 is 1.68 bits per heavy atom. The van der Waals surface area contributed by atoms with Gasteiger partial charge in [-0.2, -0.15) is 0 Å². The zero-order valence-electron chi connectivity index (χ0n) is 18.5. The van der Waals surface area contributed by atoms with E-state index < -0.39 is 5.60 Å². The second kappa shape index (κ2) is 8.40. The van der Waals surface area contributed by atoms with E-state index in [9.17, 15) is 9.90 Å². The molecule has 2 aliphatic carbocycles. The Hall–Kier alpha value is -2.17. The molecular weight excluding hydrogens is 384 g/mol. The molecule has 3 atom stereocenters. The number of carbonyl (C=O) groups is 1. The van der Waals surface area contributed by atoms with Crippen LogP contribution in [0.25, 0.3) is 0 Å². The van der Waals surface area contributed by atoms with Gasteiger partial charge >= 0.3 is 0 Å². The number of benzene rings is 2. The summed E-state index contributed by atoms with van der Waals surface area (Å²) < 4.78 is 0. The van der Waals surface area contributed by atoms with E-state index in [-0.39, 0.29) is 11.8 Å². The lowest BCUT2D eigenvalue weighted by atomic mass is 9.79. The Kier molecular flexibility index (Phi) is 5.61. The highest BCUT2D eigenvalue weighted by Crippen LogP contribution is 2.51. The number of hydrogen-bond acceptors (Lipinski definition) is 3. The SMILES string of the molecule is Cc1ccc(C(O)(C(=O)NCC2C3CN(Cc4ccccc4)CC23)C2CCCC2)cc1. The molecule has 4 heteroatoms. The van der Waals surface area contributed by atoms with Gasteiger partial charge in [0.1, 0.15) is 0 Å². The molecule has 1 amide bonds. The van der Waals surface area contributed by atoms with Gasteiger partial charge in [0, 0.05) is 32.1 Å². The molecule has 2 saturated carbocycles. The molecule has 0 spiro atoms. The second-order valence-corrected chi connectivity index (χ2v) is 10.00. The Morgan fingerprint density at radius 3 is 2.32 bits per heavy atom. The molecule has 4 nitrogen and oxygen atoms in total. The first-order chi connectivity index (χ1) is 15.1. The smallest absolute Gasteiger partial charge is 0.256 e. The highest BCUT2D eigenvalue weighted by Gasteiger charge is 2.55. The zero-order valence-corrected chi connectivity index (χ0v) is 18.5. The number of fused-ring (bicyclic) bond motifs is 1. The molecule has 0 aromatic heterocycles. The van der Waals surface area contributed by atoms with Gasteiger partial charge in [-0.1, -0.05) is 73.0 Å². The largest absolute Gasteiger partial charge is 0.375 e. The minimum absolute atomic E-state index is 0.00951. The van der Waals surface area contributed by atoms with Gasteiger partial charge in [-0.3, -0.25) is 9.69 Å². The molecule has 3 unspecified atom stereocenters. The highest BCUT2D eigenvalue weighted by atomic mass is 16.3. The molecule has 2 aromatic carbocycles. The van der Waals surface area contributed by atoms with Crippen molar-refractivity contribution >= 4 is 5.91 Å². The van der Waals surface area contributed by atoms with E-state index in [0.717, 1.165) is 56.4 Å². The number of nitrogens with one attached hydrogen (secondary N) is 1. The number of amides is 1. The van der Waals surface area contributed by atoms with Crippen molar-refractivity contribution in [2.75, 3.05) is 19.6 Å². The van der Waals surface area contributed by atoms with E-state index in [1.807, 2.05) is 31.2 Å². The van der Waals surface area contributed by atoms with Crippen LogP contribution < -0.4 is 5.32 Å². The highest BCUT2D eigenvalue weighted by molar-refractivity contribution is 5.86. The molecule has 1 aliphatic heterocycles. The summed E-state index contributed by atoms with van der Waals surface area (Å²) in [5.41, 5.74) is 1.85. The Labute approximate surface area is 185 Å². The summed E-state index contributed by atoms with van der Waals surface area (Å²) in [7, 11) is 0. The van der Waals surface area contributed by atoms with Crippen molar-refractivity contribution in [2.24, 2.45) is 23.7 Å². The first-order valence-corrected chi connectivity index (χ1v) is 11.9. The average molecular weight is 419 g/mol. The third-order valence-electron chi connectivity index (χ3n) is 7.98. The summed E-state index contributed by atoms with van der Waals surface area (Å²) in [5.74, 6) is 1.73. The van der Waals surface area contributed by atoms with Gasteiger partial charge in [0.2, 0.25) is 0 Å². The molecule has 164 valence electrons. The molecule has 5 rings (SSSR count). The molecule has 2 aromatic rings. The Bertz CT molecular complexity index is 895. The summed E-state index contributed by atoms with van der Waals surface area (Å²) >= 11 is 0. The van der Waals surface area contributed by atoms with Gasteiger partial charge in [0.05, 0.1) is 0 Å². The van der Waals surface area contributed by atoms with Crippen molar-refractivity contribution in [3.8, 4) is 0 Å². The van der Waals surface area contributed by atoms with Gasteiger partial charge in [0.15, 0.2) is 5.60 Å². The van der Waals surface area contributed by atoms with E-state index in [4.69, 9.17) is 0 Å². The molecule has 0 radical (unpaired) electrons. The van der Waals surface area contributed by atoms with Crippen molar-refractivity contribution < 1.29 is 9.90 Å². The maximum absolute atomic E-state index is 13.3. The van der Waals surface area contributed by atoms with Crippen LogP contribution in [0, 0.1) is 30.6 Å². The quantitative estimate of drug-likeness (QED) is 0.718. The van der Waals surface area contributed by atoms with Crippen LogP contribution in [-0.4, -0.2) is 35.5 Å². The summed E-state index contributed by atoms with van der Waals surface area (Å²) in [6.07, 6.45) is 4.02. The minimum Gasteiger partial charge on any atom is -0.375 e. The molecule has 31 heavy (non-hydrogen) atoms. The number of likely N-dealkylation sites (tertiary alicyclic amines) is 1. The lowest BCUT2D eigenvalue weighted by molar-refractivity contribution is -0.147. The standard InChI is InChI=1S/C27H34N2O2/c1-19-11-13-22(14-12-19)27(31,21-9-5-6-10-21)26(30)28-15-23-24-17-29(18-25(23)24)16-20-7-3-2-4-8-20/h2-4,7-8,11-14,21,23-25,31H,5-6,9-10,15-18H2,1H3,(H,28,30). The van der Waals surface area contributed by atoms with E-state index in [0.29, 0.717) is 24.3 Å². The van der Waals surface area contributed by atoms with E-state index in [2.05, 4.69) is 40.5 Å². The molecule has 1 heterocycles. The molecule has 1 saturated heterocycles. The number of aryl methyl sites for hydroxylation is 1. The fourth-order valence-corrected chi connectivity index (χ4v) is 6.06. The number of rotatable bonds is 7. The number of piperidine rings is 1. The third kappa shape index (κ3) is 4.04. The van der Waals surface area contributed by atoms with Gasteiger partial charge in [0.25, 0.3) is 5.91 Å². The zero-order chi connectivity index (χ0) is 21.4. The van der Waals surface area contributed by atoms with Crippen molar-refractivity contribution in [1.29, 1.82) is 0 Å². The second-order valence-electron chi connectivity index (χ2n) is 10.00. The van der Waals surface area contributed by atoms with Crippen LogP contribution in [0.15, 0.2) is 54.6 Å². The lowest BCUT2D eigenvalue weighted by Gasteiger charge is -2.33. The summed E-state index contributed by atoms with van der Waals surface area (Å²) in [6, 6.07) is 18.5. The van der Waals surface area contributed by atoms with E-state index in [1.165, 1.54) is 5.56 Å². The summed E-state index contributed by atoms with van der Waals surface area (Å²) in [4.78, 5) is 15.9. The summed E-state index contributed by atoms with van der Waals surface area (Å²) in [5, 5.41) is 14.8. The van der Waals surface area contributed by atoms with Crippen LogP contribution in [0.5, 0.6) is 0 Å². The molecule has 2 N–H and O–H groups in total. The van der Waals surface area contributed by atoms with Gasteiger partial charge < -0.3 is 10.4 Å². The minimum atomic E-state index is -1.41. The van der Waals surface area contributed by atoms with Crippen molar-refractivity contribution in [3.63, 3.8) is 0 Å². The van der Waals surface area contributed by atoms with Crippen molar-refractivity contribution in [3.05, 3.63) is 71.3 Å². The fraction of sp³-hybridized carbons (Fsp3) is 0.519. The van der Waals surface area contributed by atoms with E-state index >= 15 is 0 Å². The van der Waals surface area contributed by atoms with Crippen LogP contribution in [0.3, 0.4) is 0 Å². The number of nitrogens with zero attached hydrogens (tertiary/aromatic N) is 1. The van der Waals surface area contributed by atoms with Crippen LogP contribution in [0.1, 0.15) is 42.4 Å². The van der Waals surface area contributed by atoms with Crippen molar-refractivity contribution in [1.82, 2.24) is 10.2 Å². The molecule has 0 bridgehead atoms. The number of aliphatic hydroxyl groups is 1. The maximum Gasteiger partial charge on any atom is 0.256 e. The van der Waals surface area contributed by atoms with Crippen LogP contribution in [0.4, 0.5) is 0 Å². The average Bonchev–Trinajstić information content (AvgIpc) is 3.17. The van der Waals surface area contributed by atoms with Crippen LogP contribution >= 0.6 is 0 Å². The molecule has 3 fully saturated rings. The molecule has 3 aliphatic rings. The van der Waals surface area contributed by atoms with Crippen LogP contribution in [-0.2, 0) is 16.9 Å². The third-order valence-corrected chi connectivity index (χ3v) is 7.98. The van der Waals surface area contributed by atoms with Crippen molar-refractivity contribution in [2.45, 2.75) is 44.8 Å². The fourth-order valence-electron chi connectivity index (χ4n) is 6.06. The van der Waals surface area contributed by atoms with E-state index in [1.54, 1.807) is 0 Å². The first kappa shape index (κ1) is 20.7. The molecular formula is C27H34N2O2. The maximum atomic E-state index is 13.3. The van der Waals surface area contributed by atoms with Gasteiger partial charge in [-0.05, 0) is 48.6 Å². The normalized spacial score (nSPS) is 27.6. The van der Waals surface area contributed by atoms with Crippen LogP contribution in [0.2, 0.25) is 0 Å². The summed E-state index contributed by atoms with van der Waals surface area (Å²) in [6.45, 7) is 5.97. The first-order valence-electron chi connectivity index (χ1n) is 11.9. The number of hydrogen-bond donors (Lipinski definition) is 2. The predicted octanol–water partition coefficient (Wildman–Crippen LogP) is 3.87.